The summed E-state index contributed by atoms with van der Waals surface area (Å²) >= 11 is 6.05. The lowest BCUT2D eigenvalue weighted by Crippen LogP contribution is -3.00. The van der Waals surface area contributed by atoms with Crippen molar-refractivity contribution in [3.63, 3.8) is 0 Å². The Balaban J connectivity index is 0.00000161. The highest BCUT2D eigenvalue weighted by Gasteiger charge is 2.10. The highest BCUT2D eigenvalue weighted by molar-refractivity contribution is 6.30. The first-order valence-corrected chi connectivity index (χ1v) is 6.72. The fourth-order valence-electron chi connectivity index (χ4n) is 2.07. The summed E-state index contributed by atoms with van der Waals surface area (Å²) in [7, 11) is 1.97. The van der Waals surface area contributed by atoms with Crippen LogP contribution in [0.15, 0.2) is 54.9 Å². The van der Waals surface area contributed by atoms with Crippen LogP contribution in [0.3, 0.4) is 0 Å². The van der Waals surface area contributed by atoms with E-state index in [2.05, 4.69) is 4.98 Å². The van der Waals surface area contributed by atoms with Crippen LogP contribution >= 0.6 is 11.6 Å². The molecule has 0 amide bonds. The highest BCUT2D eigenvalue weighted by Crippen LogP contribution is 2.26. The molecule has 0 unspecified atom stereocenters. The van der Waals surface area contributed by atoms with Crippen molar-refractivity contribution in [1.29, 1.82) is 0 Å². The van der Waals surface area contributed by atoms with Crippen molar-refractivity contribution in [3.8, 4) is 5.75 Å². The largest absolute Gasteiger partial charge is 1.00 e. The lowest BCUT2D eigenvalue weighted by atomic mass is 10.2. The molecule has 0 atom stereocenters. The molecule has 0 aliphatic heterocycles. The predicted molar refractivity (Wildman–Crippen MR) is 78.7 cm³/mol. The summed E-state index contributed by atoms with van der Waals surface area (Å²) in [6, 6.07) is 13.7. The maximum atomic E-state index is 6.05. The Kier molecular flexibility index (Phi) is 5.36. The highest BCUT2D eigenvalue weighted by atomic mass is 127. The van der Waals surface area contributed by atoms with Gasteiger partial charge in [-0.15, -0.1) is 0 Å². The van der Waals surface area contributed by atoms with Crippen LogP contribution in [0.5, 0.6) is 5.75 Å². The normalized spacial score (nSPS) is 10.2. The second-order valence-corrected chi connectivity index (χ2v) is 5.01. The molecule has 0 fully saturated rings. The Morgan fingerprint density at radius 2 is 1.95 bits per heavy atom. The van der Waals surface area contributed by atoms with E-state index >= 15 is 0 Å². The summed E-state index contributed by atoms with van der Waals surface area (Å²) in [6.07, 6.45) is 3.92. The van der Waals surface area contributed by atoms with Crippen LogP contribution < -0.4 is 33.3 Å². The fraction of sp³-hybridized carbons (Fsp3) is 0.125. The van der Waals surface area contributed by atoms with Gasteiger partial charge in [-0.2, -0.15) is 0 Å². The van der Waals surface area contributed by atoms with E-state index in [-0.39, 0.29) is 24.0 Å². The zero-order valence-corrected chi connectivity index (χ0v) is 14.4. The van der Waals surface area contributed by atoms with Crippen molar-refractivity contribution < 1.29 is 33.3 Å². The summed E-state index contributed by atoms with van der Waals surface area (Å²) in [6.45, 7) is 0.509. The molecule has 108 valence electrons. The average molecular weight is 413 g/mol. The third kappa shape index (κ3) is 3.83. The van der Waals surface area contributed by atoms with Crippen molar-refractivity contribution in [3.05, 3.63) is 65.6 Å². The minimum absolute atomic E-state index is 0. The molecule has 0 spiro atoms. The number of fused-ring (bicyclic) bond motifs is 1. The molecule has 1 aromatic carbocycles. The van der Waals surface area contributed by atoms with Crippen molar-refractivity contribution >= 4 is 22.5 Å². The van der Waals surface area contributed by atoms with Gasteiger partial charge >= 0.3 is 0 Å². The maximum absolute atomic E-state index is 6.05. The topological polar surface area (TPSA) is 26.0 Å². The van der Waals surface area contributed by atoms with E-state index in [4.69, 9.17) is 16.3 Å². The first kappa shape index (κ1) is 16.0. The number of nitrogens with zero attached hydrogens (tertiary/aromatic N) is 2. The number of aryl methyl sites for hydroxylation is 1. The standard InChI is InChI=1S/C16H14ClN2O.HI/c1-19-8-7-14-13(10-19)15(9-16(17)18-14)20-11-12-5-3-2-4-6-12;/h2-10H,11H2,1H3;1H/q+1;/p-1. The molecule has 0 radical (unpaired) electrons. The van der Waals surface area contributed by atoms with Gasteiger partial charge < -0.3 is 28.7 Å². The van der Waals surface area contributed by atoms with Crippen LogP contribution in [0.2, 0.25) is 5.15 Å². The number of rotatable bonds is 3. The van der Waals surface area contributed by atoms with Gasteiger partial charge in [0.2, 0.25) is 0 Å². The maximum Gasteiger partial charge on any atom is 0.181 e. The van der Waals surface area contributed by atoms with Gasteiger partial charge in [0.1, 0.15) is 29.9 Å². The molecule has 0 saturated carbocycles. The zero-order valence-electron chi connectivity index (χ0n) is 11.5. The van der Waals surface area contributed by atoms with Crippen LogP contribution in [0.4, 0.5) is 0 Å². The van der Waals surface area contributed by atoms with E-state index in [9.17, 15) is 0 Å². The van der Waals surface area contributed by atoms with E-state index in [1.54, 1.807) is 6.07 Å². The molecule has 3 nitrogen and oxygen atoms in total. The molecular weight excluding hydrogens is 399 g/mol. The summed E-state index contributed by atoms with van der Waals surface area (Å²) in [5.41, 5.74) is 1.95. The first-order valence-electron chi connectivity index (χ1n) is 6.34. The smallest absolute Gasteiger partial charge is 0.181 e. The van der Waals surface area contributed by atoms with Gasteiger partial charge in [0.25, 0.3) is 0 Å². The van der Waals surface area contributed by atoms with Crippen LogP contribution in [0, 0.1) is 0 Å². The molecular formula is C16H14ClIN2O. The van der Waals surface area contributed by atoms with E-state index < -0.39 is 0 Å². The van der Waals surface area contributed by atoms with E-state index in [0.717, 1.165) is 22.2 Å². The molecule has 3 aromatic rings. The molecule has 0 aliphatic rings. The van der Waals surface area contributed by atoms with Gasteiger partial charge in [0.15, 0.2) is 12.4 Å². The first-order chi connectivity index (χ1) is 9.72. The Bertz CT molecular complexity index is 750. The van der Waals surface area contributed by atoms with E-state index in [1.807, 2.05) is 60.4 Å². The summed E-state index contributed by atoms with van der Waals surface area (Å²) < 4.78 is 7.87. The third-order valence-corrected chi connectivity index (χ3v) is 3.25. The third-order valence-electron chi connectivity index (χ3n) is 3.06. The van der Waals surface area contributed by atoms with Gasteiger partial charge in [-0.3, -0.25) is 0 Å². The lowest BCUT2D eigenvalue weighted by Gasteiger charge is -2.08. The molecule has 0 aliphatic carbocycles. The molecule has 0 N–H and O–H groups in total. The molecule has 3 rings (SSSR count). The van der Waals surface area contributed by atoms with Crippen molar-refractivity contribution in [1.82, 2.24) is 4.98 Å². The van der Waals surface area contributed by atoms with Crippen LogP contribution in [0.1, 0.15) is 5.56 Å². The van der Waals surface area contributed by atoms with Gasteiger partial charge in [-0.05, 0) is 5.56 Å². The van der Waals surface area contributed by atoms with Crippen LogP contribution in [0.25, 0.3) is 10.9 Å². The van der Waals surface area contributed by atoms with Crippen molar-refractivity contribution in [2.75, 3.05) is 0 Å². The Labute approximate surface area is 145 Å². The van der Waals surface area contributed by atoms with E-state index in [1.165, 1.54) is 0 Å². The summed E-state index contributed by atoms with van der Waals surface area (Å²) in [5.74, 6) is 0.750. The summed E-state index contributed by atoms with van der Waals surface area (Å²) in [4.78, 5) is 4.30. The number of aromatic nitrogens is 2. The SMILES string of the molecule is C[n+]1ccc2nc(Cl)cc(OCc3ccccc3)c2c1.[I-]. The number of ether oxygens (including phenoxy) is 1. The minimum Gasteiger partial charge on any atom is -1.00 e. The molecule has 21 heavy (non-hydrogen) atoms. The molecule has 0 saturated heterocycles. The molecule has 2 aromatic heterocycles. The van der Waals surface area contributed by atoms with Gasteiger partial charge in [-0.1, -0.05) is 41.9 Å². The monoisotopic (exact) mass is 412 g/mol. The quantitative estimate of drug-likeness (QED) is 0.351. The van der Waals surface area contributed by atoms with Gasteiger partial charge in [-0.25, -0.2) is 9.55 Å². The number of halogens is 2. The minimum atomic E-state index is 0. The Morgan fingerprint density at radius 3 is 2.71 bits per heavy atom. The second-order valence-electron chi connectivity index (χ2n) is 4.63. The predicted octanol–water partition coefficient (Wildman–Crippen LogP) is 0.296. The molecule has 5 heteroatoms. The summed E-state index contributed by atoms with van der Waals surface area (Å²) in [5, 5.41) is 1.39. The average Bonchev–Trinajstić information content (AvgIpc) is 2.46. The van der Waals surface area contributed by atoms with Crippen LogP contribution in [-0.2, 0) is 13.7 Å². The number of hydrogen-bond acceptors (Lipinski definition) is 2. The fourth-order valence-corrected chi connectivity index (χ4v) is 2.26. The van der Waals surface area contributed by atoms with Crippen molar-refractivity contribution in [2.24, 2.45) is 7.05 Å². The molecule has 2 heterocycles. The zero-order chi connectivity index (χ0) is 13.9. The van der Waals surface area contributed by atoms with E-state index in [0.29, 0.717) is 11.8 Å². The Morgan fingerprint density at radius 1 is 1.19 bits per heavy atom. The second kappa shape index (κ2) is 7.04. The number of benzene rings is 1. The van der Waals surface area contributed by atoms with Crippen molar-refractivity contribution in [2.45, 2.75) is 6.61 Å². The van der Waals surface area contributed by atoms with Gasteiger partial charge in [0, 0.05) is 12.1 Å². The number of pyridine rings is 2. The van der Waals surface area contributed by atoms with Gasteiger partial charge in [0.05, 0.1) is 5.52 Å². The van der Waals surface area contributed by atoms with Crippen LogP contribution in [-0.4, -0.2) is 4.98 Å². The lowest BCUT2D eigenvalue weighted by molar-refractivity contribution is -0.670. The Hall–Kier alpha value is -1.40. The molecule has 0 bridgehead atoms. The number of hydrogen-bond donors (Lipinski definition) is 0.